The average Bonchev–Trinajstić information content (AvgIpc) is 3.90. The van der Waals surface area contributed by atoms with Crippen molar-refractivity contribution in [1.29, 1.82) is 0 Å². The van der Waals surface area contributed by atoms with Crippen LogP contribution in [0.4, 0.5) is 22.7 Å². The molecule has 4 aromatic carbocycles. The first kappa shape index (κ1) is 52.8. The molecule has 0 aromatic heterocycles. The molecule has 3 unspecified atom stereocenters. The summed E-state index contributed by atoms with van der Waals surface area (Å²) >= 11 is 0. The Hall–Kier alpha value is -7.53. The summed E-state index contributed by atoms with van der Waals surface area (Å²) in [6.07, 6.45) is 8.18. The number of aliphatic hydroxyl groups excluding tert-OH is 1. The van der Waals surface area contributed by atoms with Crippen LogP contribution in [0, 0.1) is 5.41 Å². The van der Waals surface area contributed by atoms with Crippen molar-refractivity contribution in [3.63, 3.8) is 0 Å². The van der Waals surface area contributed by atoms with Crippen molar-refractivity contribution in [2.45, 2.75) is 124 Å². The minimum Gasteiger partial charge on any atom is -0.493 e. The number of para-hydroxylation sites is 1. The molecule has 5 amide bonds. The Bertz CT molecular complexity index is 2870. The Balaban J connectivity index is 0.00000237. The number of methoxy groups -OCH3 is 2. The molecule has 6 N–H and O–H groups in total. The van der Waals surface area contributed by atoms with Crippen LogP contribution in [0.3, 0.4) is 0 Å². The summed E-state index contributed by atoms with van der Waals surface area (Å²) < 4.78 is 24.4. The number of fused-ring (bicyclic) bond motifs is 7. The Morgan fingerprint density at radius 3 is 2.12 bits per heavy atom. The fraction of sp³-hybridized carbons (Fsp3) is 0.421. The largest absolute Gasteiger partial charge is 0.493 e. The molecule has 0 saturated heterocycles. The lowest BCUT2D eigenvalue weighted by molar-refractivity contribution is -0.128. The first-order valence-corrected chi connectivity index (χ1v) is 25.5. The van der Waals surface area contributed by atoms with Crippen molar-refractivity contribution in [2.24, 2.45) is 5.41 Å². The van der Waals surface area contributed by atoms with E-state index >= 15 is 0 Å². The molecule has 0 spiro atoms. The van der Waals surface area contributed by atoms with E-state index in [2.05, 4.69) is 40.4 Å². The molecule has 4 aliphatic heterocycles. The van der Waals surface area contributed by atoms with E-state index in [1.54, 1.807) is 48.2 Å². The van der Waals surface area contributed by atoms with E-state index in [9.17, 15) is 29.1 Å². The zero-order valence-electron chi connectivity index (χ0n) is 43.6. The third-order valence-corrected chi connectivity index (χ3v) is 13.5. The van der Waals surface area contributed by atoms with Crippen LogP contribution in [-0.2, 0) is 34.0 Å². The highest BCUT2D eigenvalue weighted by molar-refractivity contribution is 6.12. The zero-order chi connectivity index (χ0) is 52.8. The van der Waals surface area contributed by atoms with Gasteiger partial charge in [-0.15, -0.1) is 0 Å². The monoisotopic (exact) mass is 1010 g/mol. The number of carbonyl (C=O) groups excluding carboxylic acids is 5. The summed E-state index contributed by atoms with van der Waals surface area (Å²) in [5.41, 5.74) is 7.37. The lowest BCUT2D eigenvalue weighted by atomic mass is 9.90. The smallest absolute Gasteiger partial charge is 0.260 e. The number of carbonyl (C=O) groups is 5. The van der Waals surface area contributed by atoms with Gasteiger partial charge in [-0.25, -0.2) is 0 Å². The second kappa shape index (κ2) is 22.7. The molecule has 17 nitrogen and oxygen atoms in total. The van der Waals surface area contributed by atoms with Crippen molar-refractivity contribution < 1.29 is 48.0 Å². The molecular formula is C57H69N7O10. The molecule has 0 saturated carbocycles. The minimum atomic E-state index is -1.04. The first-order chi connectivity index (χ1) is 35.5. The predicted octanol–water partition coefficient (Wildman–Crippen LogP) is 8.22. The van der Waals surface area contributed by atoms with Crippen LogP contribution in [0.15, 0.2) is 90.2 Å². The van der Waals surface area contributed by atoms with Crippen LogP contribution in [0.1, 0.15) is 117 Å². The van der Waals surface area contributed by atoms with Gasteiger partial charge >= 0.3 is 0 Å². The topological polar surface area (TPSA) is 209 Å². The van der Waals surface area contributed by atoms with Gasteiger partial charge in [0.2, 0.25) is 17.7 Å². The van der Waals surface area contributed by atoms with Crippen LogP contribution >= 0.6 is 0 Å². The number of nitrogens with zero attached hydrogens (tertiary/aromatic N) is 2. The molecule has 4 aromatic rings. The number of ether oxygens (including phenoxy) is 4. The number of benzene rings is 4. The summed E-state index contributed by atoms with van der Waals surface area (Å²) in [4.78, 5) is 70.6. The fourth-order valence-electron chi connectivity index (χ4n) is 9.80. The highest BCUT2D eigenvalue weighted by Crippen LogP contribution is 2.44. The number of hydrogen-bond acceptors (Lipinski definition) is 12. The van der Waals surface area contributed by atoms with Crippen molar-refractivity contribution in [3.8, 4) is 23.0 Å². The maximum absolute atomic E-state index is 14.1. The highest BCUT2D eigenvalue weighted by atomic mass is 16.5. The predicted molar refractivity (Wildman–Crippen MR) is 284 cm³/mol. The molecule has 1 aliphatic carbocycles. The molecule has 0 fully saturated rings. The van der Waals surface area contributed by atoms with Crippen molar-refractivity contribution in [3.05, 3.63) is 118 Å². The maximum Gasteiger partial charge on any atom is 0.260 e. The standard InChI is InChI=1S/C54H61N7O10.C3H8/c1-30(57-49(63)27-56-48(62)15-16-54(2,3)4)50(64)58-35-18-31(28-70-46-24-39-37(22-44(46)68-5)52(66)60-36(26-55-39)20-33-11-7-9-13-41(33)60)17-32(19-35)29-71-47-25-40-38(23-45(47)69-6)53(67)61-42-14-10-8-12-34(42)21-43(61)51(65)59-40;1-3-2/h7,9-11,13-14,17-19,22-25,30,36,43,51,55,59,65H,8,12,15-16,20-21,26-29H2,1-6H3,(H,56,62)(H,57,63)(H,58,64);3H2,1-2H3/t30?,36?,43?,51-;/m1./s1. The van der Waals surface area contributed by atoms with Crippen LogP contribution < -0.4 is 50.4 Å². The molecule has 392 valence electrons. The molecule has 17 heteroatoms. The number of rotatable bonds is 15. The van der Waals surface area contributed by atoms with Crippen LogP contribution in [0.25, 0.3) is 0 Å². The molecule has 0 radical (unpaired) electrons. The normalized spacial score (nSPS) is 18.5. The quantitative estimate of drug-likeness (QED) is 0.0666. The summed E-state index contributed by atoms with van der Waals surface area (Å²) in [6, 6.07) is 18.5. The molecular weight excluding hydrogens is 943 g/mol. The Morgan fingerprint density at radius 2 is 1.46 bits per heavy atom. The van der Waals surface area contributed by atoms with E-state index < -0.39 is 30.1 Å². The van der Waals surface area contributed by atoms with Gasteiger partial charge in [-0.05, 0) is 109 Å². The second-order valence-corrected chi connectivity index (χ2v) is 20.5. The third kappa shape index (κ3) is 11.8. The minimum absolute atomic E-state index is 0.000219. The van der Waals surface area contributed by atoms with Gasteiger partial charge in [0.1, 0.15) is 25.5 Å². The number of nitrogens with one attached hydrogen (secondary N) is 5. The van der Waals surface area contributed by atoms with Crippen molar-refractivity contribution >= 4 is 52.3 Å². The lowest BCUT2D eigenvalue weighted by Gasteiger charge is -2.27. The van der Waals surface area contributed by atoms with Gasteiger partial charge < -0.3 is 60.4 Å². The van der Waals surface area contributed by atoms with E-state index in [0.717, 1.165) is 41.8 Å². The maximum atomic E-state index is 14.1. The number of aliphatic hydroxyl groups is 1. The fourth-order valence-corrected chi connectivity index (χ4v) is 9.80. The zero-order valence-corrected chi connectivity index (χ0v) is 43.6. The molecule has 4 atom stereocenters. The van der Waals surface area contributed by atoms with Gasteiger partial charge in [-0.3, -0.25) is 24.0 Å². The summed E-state index contributed by atoms with van der Waals surface area (Å²) in [5.74, 6) is -0.333. The van der Waals surface area contributed by atoms with E-state index in [4.69, 9.17) is 18.9 Å². The van der Waals surface area contributed by atoms with Crippen molar-refractivity contribution in [2.75, 3.05) is 48.2 Å². The number of allylic oxidation sites excluding steroid dienone is 2. The van der Waals surface area contributed by atoms with Gasteiger partial charge in [0.05, 0.1) is 55.3 Å². The third-order valence-electron chi connectivity index (χ3n) is 13.5. The molecule has 4 heterocycles. The Morgan fingerprint density at radius 1 is 0.824 bits per heavy atom. The Labute approximate surface area is 433 Å². The number of hydrogen-bond donors (Lipinski definition) is 6. The molecule has 0 bridgehead atoms. The number of amides is 5. The highest BCUT2D eigenvalue weighted by Gasteiger charge is 2.43. The molecule has 74 heavy (non-hydrogen) atoms. The van der Waals surface area contributed by atoms with E-state index in [1.807, 2.05) is 68.2 Å². The van der Waals surface area contributed by atoms with Gasteiger partial charge in [-0.2, -0.15) is 0 Å². The average molecular weight is 1010 g/mol. The van der Waals surface area contributed by atoms with Crippen LogP contribution in [0.5, 0.6) is 23.0 Å². The van der Waals surface area contributed by atoms with Gasteiger partial charge in [0.25, 0.3) is 11.8 Å². The SMILES string of the molecule is CCC.COc1cc2c(cc1OCc1cc(COc3cc4c(cc3OC)C(=O)N3c5ccccc5CC3CN4)cc(NC(=O)C(C)NC(=O)CNC(=O)CCC(C)(C)C)c1)N[C@H](O)C1CC3=C(C=CCC3)N1C2=O. The first-order valence-electron chi connectivity index (χ1n) is 25.5. The van der Waals surface area contributed by atoms with Crippen molar-refractivity contribution in [1.82, 2.24) is 15.5 Å². The van der Waals surface area contributed by atoms with Crippen LogP contribution in [0.2, 0.25) is 0 Å². The molecule has 9 rings (SSSR count). The summed E-state index contributed by atoms with van der Waals surface area (Å²) in [7, 11) is 3.00. The van der Waals surface area contributed by atoms with Gasteiger partial charge in [0.15, 0.2) is 23.0 Å². The summed E-state index contributed by atoms with van der Waals surface area (Å²) in [5, 5.41) is 26.2. The van der Waals surface area contributed by atoms with E-state index in [-0.39, 0.29) is 55.4 Å². The Kier molecular flexibility index (Phi) is 16.2. The van der Waals surface area contributed by atoms with E-state index in [1.165, 1.54) is 20.6 Å². The molecule has 5 aliphatic rings. The lowest BCUT2D eigenvalue weighted by Crippen LogP contribution is -2.45. The second-order valence-electron chi connectivity index (χ2n) is 20.5. The van der Waals surface area contributed by atoms with E-state index in [0.29, 0.717) is 81.7 Å². The summed E-state index contributed by atoms with van der Waals surface area (Å²) in [6.45, 7) is 12.1. The van der Waals surface area contributed by atoms with Crippen LogP contribution in [-0.4, -0.2) is 91.2 Å². The van der Waals surface area contributed by atoms with Gasteiger partial charge in [0, 0.05) is 42.2 Å². The number of anilines is 4. The van der Waals surface area contributed by atoms with Gasteiger partial charge in [-0.1, -0.05) is 65.3 Å².